The van der Waals surface area contributed by atoms with Gasteiger partial charge in [-0.25, -0.2) is 4.79 Å². The van der Waals surface area contributed by atoms with Gasteiger partial charge < -0.3 is 13.9 Å². The summed E-state index contributed by atoms with van der Waals surface area (Å²) in [5.41, 5.74) is 0.891. The van der Waals surface area contributed by atoms with Crippen LogP contribution in [0.25, 0.3) is 11.0 Å². The number of benzene rings is 1. The molecule has 1 aromatic heterocycles. The van der Waals surface area contributed by atoms with Crippen LogP contribution in [0.3, 0.4) is 0 Å². The van der Waals surface area contributed by atoms with Crippen LogP contribution in [0.4, 0.5) is 0 Å². The summed E-state index contributed by atoms with van der Waals surface area (Å²) in [4.78, 5) is 22.2. The summed E-state index contributed by atoms with van der Waals surface area (Å²) in [6.07, 6.45) is 1.40. The molecule has 0 spiro atoms. The molecule has 94 valence electrons. The average Bonchev–Trinajstić information content (AvgIpc) is 2.37. The fourth-order valence-electron chi connectivity index (χ4n) is 1.90. The fourth-order valence-corrected chi connectivity index (χ4v) is 1.90. The molecule has 0 saturated heterocycles. The minimum Gasteiger partial charge on any atom is -0.497 e. The van der Waals surface area contributed by atoms with Crippen molar-refractivity contribution in [3.8, 4) is 5.75 Å². The normalized spacial score (nSPS) is 12.3. The number of aldehydes is 1. The van der Waals surface area contributed by atoms with Crippen molar-refractivity contribution in [1.82, 2.24) is 0 Å². The predicted molar refractivity (Wildman–Crippen MR) is 68.0 cm³/mol. The Morgan fingerprint density at radius 2 is 2.17 bits per heavy atom. The Morgan fingerprint density at radius 3 is 2.83 bits per heavy atom. The van der Waals surface area contributed by atoms with E-state index in [9.17, 15) is 9.59 Å². The van der Waals surface area contributed by atoms with E-state index in [0.29, 0.717) is 17.8 Å². The lowest BCUT2D eigenvalue weighted by Crippen LogP contribution is -2.06. The summed E-state index contributed by atoms with van der Waals surface area (Å²) in [6, 6.07) is 6.75. The molecular weight excluding hydrogens is 232 g/mol. The molecule has 0 N–H and O–H groups in total. The van der Waals surface area contributed by atoms with E-state index in [1.807, 2.05) is 13.0 Å². The van der Waals surface area contributed by atoms with Gasteiger partial charge in [-0.2, -0.15) is 0 Å². The monoisotopic (exact) mass is 246 g/mol. The maximum Gasteiger partial charge on any atom is 0.336 e. The number of fused-ring (bicyclic) bond motifs is 1. The number of rotatable bonds is 4. The SMILES string of the molecule is COc1ccc2c(C[C@H](C)C=O)cc(=O)oc2c1. The first-order valence-corrected chi connectivity index (χ1v) is 5.70. The second kappa shape index (κ2) is 5.04. The van der Waals surface area contributed by atoms with Crippen molar-refractivity contribution in [3.05, 3.63) is 40.2 Å². The predicted octanol–water partition coefficient (Wildman–Crippen LogP) is 2.18. The van der Waals surface area contributed by atoms with Gasteiger partial charge in [0.1, 0.15) is 17.6 Å². The summed E-state index contributed by atoms with van der Waals surface area (Å²) in [7, 11) is 1.55. The molecule has 0 amide bonds. The zero-order valence-electron chi connectivity index (χ0n) is 10.3. The third kappa shape index (κ3) is 2.42. The van der Waals surface area contributed by atoms with E-state index < -0.39 is 5.63 Å². The lowest BCUT2D eigenvalue weighted by atomic mass is 10.00. The van der Waals surface area contributed by atoms with Gasteiger partial charge in [0.2, 0.25) is 0 Å². The average molecular weight is 246 g/mol. The van der Waals surface area contributed by atoms with E-state index in [0.717, 1.165) is 17.2 Å². The molecule has 18 heavy (non-hydrogen) atoms. The van der Waals surface area contributed by atoms with Gasteiger partial charge in [-0.05, 0) is 24.1 Å². The van der Waals surface area contributed by atoms with Crippen molar-refractivity contribution < 1.29 is 13.9 Å². The molecule has 4 nitrogen and oxygen atoms in total. The van der Waals surface area contributed by atoms with E-state index in [1.54, 1.807) is 19.2 Å². The lowest BCUT2D eigenvalue weighted by Gasteiger charge is -2.08. The van der Waals surface area contributed by atoms with Crippen molar-refractivity contribution in [2.24, 2.45) is 5.92 Å². The van der Waals surface area contributed by atoms with Gasteiger partial charge >= 0.3 is 5.63 Å². The number of methoxy groups -OCH3 is 1. The van der Waals surface area contributed by atoms with Gasteiger partial charge in [-0.15, -0.1) is 0 Å². The van der Waals surface area contributed by atoms with Gasteiger partial charge in [0.25, 0.3) is 0 Å². The van der Waals surface area contributed by atoms with E-state index in [-0.39, 0.29) is 5.92 Å². The first kappa shape index (κ1) is 12.4. The third-order valence-electron chi connectivity index (χ3n) is 2.81. The Balaban J connectivity index is 2.58. The molecule has 0 unspecified atom stereocenters. The standard InChI is InChI=1S/C14H14O4/c1-9(8-15)5-10-6-14(16)18-13-7-11(17-2)3-4-12(10)13/h3-4,6-9H,5H2,1-2H3/t9-/m0/s1. The Labute approximate surface area is 104 Å². The topological polar surface area (TPSA) is 56.5 Å². The van der Waals surface area contributed by atoms with Gasteiger partial charge in [0.15, 0.2) is 0 Å². The first-order valence-electron chi connectivity index (χ1n) is 5.70. The summed E-state index contributed by atoms with van der Waals surface area (Å²) >= 11 is 0. The maximum absolute atomic E-state index is 11.5. The molecular formula is C14H14O4. The highest BCUT2D eigenvalue weighted by Crippen LogP contribution is 2.23. The number of carbonyl (C=O) groups excluding carboxylic acids is 1. The van der Waals surface area contributed by atoms with Crippen molar-refractivity contribution >= 4 is 17.3 Å². The summed E-state index contributed by atoms with van der Waals surface area (Å²) in [6.45, 7) is 1.82. The third-order valence-corrected chi connectivity index (χ3v) is 2.81. The van der Waals surface area contributed by atoms with Gasteiger partial charge in [-0.1, -0.05) is 6.92 Å². The highest BCUT2D eigenvalue weighted by Gasteiger charge is 2.10. The van der Waals surface area contributed by atoms with Crippen molar-refractivity contribution in [2.75, 3.05) is 7.11 Å². The Hall–Kier alpha value is -2.10. The van der Waals surface area contributed by atoms with E-state index >= 15 is 0 Å². The fraction of sp³-hybridized carbons (Fsp3) is 0.286. The Bertz CT molecular complexity index is 627. The van der Waals surface area contributed by atoms with E-state index in [4.69, 9.17) is 9.15 Å². The molecule has 1 atom stereocenters. The molecule has 1 heterocycles. The molecule has 4 heteroatoms. The lowest BCUT2D eigenvalue weighted by molar-refractivity contribution is -0.110. The maximum atomic E-state index is 11.5. The van der Waals surface area contributed by atoms with Crippen LogP contribution in [0, 0.1) is 5.92 Å². The zero-order valence-corrected chi connectivity index (χ0v) is 10.3. The summed E-state index contributed by atoms with van der Waals surface area (Å²) < 4.78 is 10.2. The molecule has 0 radical (unpaired) electrons. The minimum absolute atomic E-state index is 0.128. The number of ether oxygens (including phenoxy) is 1. The van der Waals surface area contributed by atoms with Crippen LogP contribution in [0.5, 0.6) is 5.75 Å². The quantitative estimate of drug-likeness (QED) is 0.613. The van der Waals surface area contributed by atoms with Crippen LogP contribution in [0.1, 0.15) is 12.5 Å². The minimum atomic E-state index is -0.413. The van der Waals surface area contributed by atoms with Crippen LogP contribution < -0.4 is 10.4 Å². The second-order valence-electron chi connectivity index (χ2n) is 4.27. The molecule has 0 aliphatic rings. The van der Waals surface area contributed by atoms with Crippen LogP contribution in [-0.4, -0.2) is 13.4 Å². The molecule has 0 bridgehead atoms. The second-order valence-corrected chi connectivity index (χ2v) is 4.27. The van der Waals surface area contributed by atoms with Crippen LogP contribution in [-0.2, 0) is 11.2 Å². The van der Waals surface area contributed by atoms with Gasteiger partial charge in [0.05, 0.1) is 7.11 Å². The zero-order chi connectivity index (χ0) is 13.1. The Morgan fingerprint density at radius 1 is 1.39 bits per heavy atom. The molecule has 2 aromatic rings. The molecule has 0 aliphatic carbocycles. The van der Waals surface area contributed by atoms with Crippen molar-refractivity contribution in [2.45, 2.75) is 13.3 Å². The smallest absolute Gasteiger partial charge is 0.336 e. The van der Waals surface area contributed by atoms with Crippen LogP contribution in [0.2, 0.25) is 0 Å². The highest BCUT2D eigenvalue weighted by atomic mass is 16.5. The summed E-state index contributed by atoms with van der Waals surface area (Å²) in [5.74, 6) is 0.503. The van der Waals surface area contributed by atoms with Gasteiger partial charge in [-0.3, -0.25) is 0 Å². The summed E-state index contributed by atoms with van der Waals surface area (Å²) in [5, 5.41) is 0.837. The number of hydrogen-bond acceptors (Lipinski definition) is 4. The van der Waals surface area contributed by atoms with Crippen molar-refractivity contribution in [1.29, 1.82) is 0 Å². The van der Waals surface area contributed by atoms with E-state index in [2.05, 4.69) is 0 Å². The van der Waals surface area contributed by atoms with E-state index in [1.165, 1.54) is 6.07 Å². The molecule has 0 fully saturated rings. The highest BCUT2D eigenvalue weighted by molar-refractivity contribution is 5.81. The van der Waals surface area contributed by atoms with Gasteiger partial charge in [0, 0.05) is 23.4 Å². The van der Waals surface area contributed by atoms with Crippen LogP contribution in [0.15, 0.2) is 33.5 Å². The first-order chi connectivity index (χ1) is 8.63. The number of carbonyl (C=O) groups is 1. The number of hydrogen-bond donors (Lipinski definition) is 0. The molecule has 1 aromatic carbocycles. The van der Waals surface area contributed by atoms with Crippen LogP contribution >= 0.6 is 0 Å². The molecule has 0 aliphatic heterocycles. The molecule has 0 saturated carbocycles. The Kier molecular flexibility index (Phi) is 3.46. The van der Waals surface area contributed by atoms with Crippen molar-refractivity contribution in [3.63, 3.8) is 0 Å². The molecule has 2 rings (SSSR count). The largest absolute Gasteiger partial charge is 0.497 e.